The van der Waals surface area contributed by atoms with E-state index in [1.165, 1.54) is 6.07 Å². The maximum absolute atomic E-state index is 10.8. The maximum Gasteiger partial charge on any atom is 0.288 e. The van der Waals surface area contributed by atoms with Crippen LogP contribution in [0, 0.1) is 10.1 Å². The number of aromatic nitrogens is 1. The zero-order valence-corrected chi connectivity index (χ0v) is 12.2. The molecule has 9 nitrogen and oxygen atoms in total. The van der Waals surface area contributed by atoms with Crippen LogP contribution >= 0.6 is 0 Å². The standard InChI is InChI=1S/C12H19N5O4/c1-8(2)16(4-5-21-3)12-10(11(13)15-18)6-9(7-14-12)17(19)20/h6-8,18H,4-5H2,1-3H3,(H2,13,15). The lowest BCUT2D eigenvalue weighted by Gasteiger charge is -2.29. The highest BCUT2D eigenvalue weighted by atomic mass is 16.6. The van der Waals surface area contributed by atoms with E-state index >= 15 is 0 Å². The van der Waals surface area contributed by atoms with Crippen molar-refractivity contribution in [3.05, 3.63) is 27.9 Å². The summed E-state index contributed by atoms with van der Waals surface area (Å²) in [7, 11) is 1.58. The molecule has 1 rings (SSSR count). The van der Waals surface area contributed by atoms with E-state index in [4.69, 9.17) is 15.7 Å². The van der Waals surface area contributed by atoms with Crippen LogP contribution in [0.3, 0.4) is 0 Å². The first-order valence-corrected chi connectivity index (χ1v) is 6.30. The quantitative estimate of drug-likeness (QED) is 0.252. The van der Waals surface area contributed by atoms with E-state index in [0.29, 0.717) is 19.0 Å². The van der Waals surface area contributed by atoms with Gasteiger partial charge in [-0.3, -0.25) is 10.1 Å². The summed E-state index contributed by atoms with van der Waals surface area (Å²) in [5, 5.41) is 22.6. The molecule has 0 unspecified atom stereocenters. The van der Waals surface area contributed by atoms with E-state index < -0.39 is 4.92 Å². The first kappa shape index (κ1) is 16.6. The third kappa shape index (κ3) is 4.02. The van der Waals surface area contributed by atoms with Gasteiger partial charge in [0.05, 0.1) is 17.1 Å². The minimum atomic E-state index is -0.584. The fraction of sp³-hybridized carbons (Fsp3) is 0.500. The number of nitrogens with zero attached hydrogens (tertiary/aromatic N) is 4. The molecule has 0 aliphatic rings. The third-order valence-corrected chi connectivity index (χ3v) is 2.88. The molecule has 1 heterocycles. The van der Waals surface area contributed by atoms with Gasteiger partial charge in [0.15, 0.2) is 5.84 Å². The molecule has 3 N–H and O–H groups in total. The molecule has 0 aliphatic carbocycles. The number of methoxy groups -OCH3 is 1. The Bertz CT molecular complexity index is 532. The zero-order chi connectivity index (χ0) is 16.0. The van der Waals surface area contributed by atoms with Crippen molar-refractivity contribution < 1.29 is 14.9 Å². The summed E-state index contributed by atoms with van der Waals surface area (Å²) in [5.74, 6) is 0.173. The Balaban J connectivity index is 3.34. The third-order valence-electron chi connectivity index (χ3n) is 2.88. The number of ether oxygens (including phenoxy) is 1. The van der Waals surface area contributed by atoms with Gasteiger partial charge in [0.1, 0.15) is 12.0 Å². The molecule has 9 heteroatoms. The average Bonchev–Trinajstić information content (AvgIpc) is 2.46. The number of rotatable bonds is 7. The lowest BCUT2D eigenvalue weighted by molar-refractivity contribution is -0.385. The summed E-state index contributed by atoms with van der Waals surface area (Å²) < 4.78 is 5.04. The van der Waals surface area contributed by atoms with Crippen LogP contribution in [0.5, 0.6) is 0 Å². The molecule has 0 saturated heterocycles. The first-order chi connectivity index (χ1) is 9.92. The van der Waals surface area contributed by atoms with Gasteiger partial charge in [-0.1, -0.05) is 5.16 Å². The minimum Gasteiger partial charge on any atom is -0.409 e. The van der Waals surface area contributed by atoms with E-state index in [2.05, 4.69) is 10.1 Å². The van der Waals surface area contributed by atoms with Crippen molar-refractivity contribution in [3.8, 4) is 0 Å². The lowest BCUT2D eigenvalue weighted by Crippen LogP contribution is -2.36. The van der Waals surface area contributed by atoms with Crippen molar-refractivity contribution in [1.29, 1.82) is 0 Å². The predicted octanol–water partition coefficient (Wildman–Crippen LogP) is 0.946. The molecule has 0 fully saturated rings. The molecular formula is C12H19N5O4. The molecule has 0 aromatic carbocycles. The van der Waals surface area contributed by atoms with Crippen molar-refractivity contribution in [2.45, 2.75) is 19.9 Å². The van der Waals surface area contributed by atoms with E-state index in [1.807, 2.05) is 18.7 Å². The number of pyridine rings is 1. The van der Waals surface area contributed by atoms with Gasteiger partial charge >= 0.3 is 0 Å². The van der Waals surface area contributed by atoms with Gasteiger partial charge in [-0.15, -0.1) is 0 Å². The molecule has 0 spiro atoms. The largest absolute Gasteiger partial charge is 0.409 e. The molecule has 0 saturated carbocycles. The van der Waals surface area contributed by atoms with Crippen LogP contribution in [0.25, 0.3) is 0 Å². The number of oxime groups is 1. The number of nitro groups is 1. The molecule has 0 aliphatic heterocycles. The Hall–Kier alpha value is -2.42. The normalized spacial score (nSPS) is 11.7. The predicted molar refractivity (Wildman–Crippen MR) is 77.8 cm³/mol. The number of hydrogen-bond donors (Lipinski definition) is 2. The van der Waals surface area contributed by atoms with Gasteiger partial charge in [0, 0.05) is 25.8 Å². The van der Waals surface area contributed by atoms with Gasteiger partial charge in [-0.2, -0.15) is 0 Å². The summed E-state index contributed by atoms with van der Waals surface area (Å²) in [5.41, 5.74) is 5.59. The van der Waals surface area contributed by atoms with Gasteiger partial charge in [0.2, 0.25) is 0 Å². The van der Waals surface area contributed by atoms with Crippen LogP contribution in [0.1, 0.15) is 19.4 Å². The van der Waals surface area contributed by atoms with Crippen molar-refractivity contribution in [2.75, 3.05) is 25.2 Å². The Morgan fingerprint density at radius 1 is 1.67 bits per heavy atom. The van der Waals surface area contributed by atoms with Crippen LogP contribution in [0.2, 0.25) is 0 Å². The number of amidine groups is 1. The zero-order valence-electron chi connectivity index (χ0n) is 12.2. The smallest absolute Gasteiger partial charge is 0.288 e. The second-order valence-corrected chi connectivity index (χ2v) is 4.59. The summed E-state index contributed by atoms with van der Waals surface area (Å²) in [4.78, 5) is 16.2. The number of anilines is 1. The van der Waals surface area contributed by atoms with Crippen molar-refractivity contribution in [3.63, 3.8) is 0 Å². The summed E-state index contributed by atoms with van der Waals surface area (Å²) >= 11 is 0. The van der Waals surface area contributed by atoms with Crippen LogP contribution in [-0.4, -0.2) is 47.3 Å². The lowest BCUT2D eigenvalue weighted by atomic mass is 10.2. The molecular weight excluding hydrogens is 278 g/mol. The Labute approximate surface area is 122 Å². The molecule has 21 heavy (non-hydrogen) atoms. The fourth-order valence-electron chi connectivity index (χ4n) is 1.82. The minimum absolute atomic E-state index is 0.0550. The monoisotopic (exact) mass is 297 g/mol. The van der Waals surface area contributed by atoms with E-state index in [0.717, 1.165) is 6.20 Å². The fourth-order valence-corrected chi connectivity index (χ4v) is 1.82. The van der Waals surface area contributed by atoms with Crippen molar-refractivity contribution in [1.82, 2.24) is 4.98 Å². The SMILES string of the molecule is COCCN(c1ncc([N+](=O)[O-])cc1C(N)=NO)C(C)C. The highest BCUT2D eigenvalue weighted by Gasteiger charge is 2.21. The molecule has 116 valence electrons. The molecule has 0 amide bonds. The Morgan fingerprint density at radius 2 is 2.33 bits per heavy atom. The number of nitrogens with two attached hydrogens (primary N) is 1. The van der Waals surface area contributed by atoms with Gasteiger partial charge < -0.3 is 20.6 Å². The second-order valence-electron chi connectivity index (χ2n) is 4.59. The maximum atomic E-state index is 10.8. The van der Waals surface area contributed by atoms with E-state index in [9.17, 15) is 10.1 Å². The van der Waals surface area contributed by atoms with Gasteiger partial charge in [-0.05, 0) is 13.8 Å². The summed E-state index contributed by atoms with van der Waals surface area (Å²) in [6.07, 6.45) is 1.14. The molecule has 0 atom stereocenters. The van der Waals surface area contributed by atoms with Crippen LogP contribution in [0.4, 0.5) is 11.5 Å². The molecule has 0 radical (unpaired) electrons. The van der Waals surface area contributed by atoms with Crippen molar-refractivity contribution >= 4 is 17.3 Å². The van der Waals surface area contributed by atoms with Gasteiger partial charge in [0.25, 0.3) is 5.69 Å². The summed E-state index contributed by atoms with van der Waals surface area (Å²) in [6, 6.07) is 1.29. The first-order valence-electron chi connectivity index (χ1n) is 6.30. The highest BCUT2D eigenvalue weighted by Crippen LogP contribution is 2.24. The second kappa shape index (κ2) is 7.39. The van der Waals surface area contributed by atoms with E-state index in [-0.39, 0.29) is 23.1 Å². The van der Waals surface area contributed by atoms with Crippen LogP contribution in [-0.2, 0) is 4.74 Å². The van der Waals surface area contributed by atoms with Crippen molar-refractivity contribution in [2.24, 2.45) is 10.9 Å². The highest BCUT2D eigenvalue weighted by molar-refractivity contribution is 6.02. The Kier molecular flexibility index (Phi) is 5.85. The average molecular weight is 297 g/mol. The van der Waals surface area contributed by atoms with Gasteiger partial charge in [-0.25, -0.2) is 4.98 Å². The Morgan fingerprint density at radius 3 is 2.81 bits per heavy atom. The molecule has 1 aromatic rings. The molecule has 0 bridgehead atoms. The molecule has 1 aromatic heterocycles. The topological polar surface area (TPSA) is 127 Å². The van der Waals surface area contributed by atoms with Crippen LogP contribution in [0.15, 0.2) is 17.4 Å². The number of hydrogen-bond acceptors (Lipinski definition) is 7. The van der Waals surface area contributed by atoms with E-state index in [1.54, 1.807) is 7.11 Å². The van der Waals surface area contributed by atoms with Crippen LogP contribution < -0.4 is 10.6 Å². The summed E-state index contributed by atoms with van der Waals surface area (Å²) in [6.45, 7) is 4.85.